The zero-order valence-electron chi connectivity index (χ0n) is 14.3. The Morgan fingerprint density at radius 1 is 1.19 bits per heavy atom. The van der Waals surface area contributed by atoms with Crippen molar-refractivity contribution in [3.05, 3.63) is 48.5 Å². The standard InChI is InChI=1S/C18H18N4O3S/c1-22-17(12-7-9-13(25-2)10-8-12)20-21-18(22)26-11-16(24)19-14-5-3-4-6-15(14)23/h3-10,23H,11H2,1-2H3,(H,19,24). The van der Waals surface area contributed by atoms with Crippen molar-refractivity contribution in [1.82, 2.24) is 14.8 Å². The lowest BCUT2D eigenvalue weighted by Gasteiger charge is -2.07. The molecular formula is C18H18N4O3S. The predicted octanol–water partition coefficient (Wildman–Crippen LogP) is 2.93. The van der Waals surface area contributed by atoms with Gasteiger partial charge in [-0.3, -0.25) is 4.79 Å². The van der Waals surface area contributed by atoms with Crippen LogP contribution in [0.4, 0.5) is 5.69 Å². The second-order valence-corrected chi connectivity index (χ2v) is 6.39. The first-order chi connectivity index (χ1) is 12.6. The van der Waals surface area contributed by atoms with Crippen molar-refractivity contribution in [3.63, 3.8) is 0 Å². The van der Waals surface area contributed by atoms with Crippen LogP contribution in [-0.4, -0.2) is 38.6 Å². The number of para-hydroxylation sites is 2. The Morgan fingerprint density at radius 3 is 2.62 bits per heavy atom. The van der Waals surface area contributed by atoms with E-state index in [9.17, 15) is 9.90 Å². The van der Waals surface area contributed by atoms with Gasteiger partial charge in [0.05, 0.1) is 18.6 Å². The second kappa shape index (κ2) is 7.92. The number of aromatic nitrogens is 3. The molecule has 0 spiro atoms. The van der Waals surface area contributed by atoms with Crippen LogP contribution < -0.4 is 10.1 Å². The number of ether oxygens (including phenoxy) is 1. The highest BCUT2D eigenvalue weighted by molar-refractivity contribution is 7.99. The fourth-order valence-corrected chi connectivity index (χ4v) is 3.04. The fraction of sp³-hybridized carbons (Fsp3) is 0.167. The number of thioether (sulfide) groups is 1. The summed E-state index contributed by atoms with van der Waals surface area (Å²) in [5.41, 5.74) is 1.29. The first-order valence-electron chi connectivity index (χ1n) is 7.83. The Labute approximate surface area is 155 Å². The number of aromatic hydroxyl groups is 1. The molecule has 0 saturated heterocycles. The van der Waals surface area contributed by atoms with E-state index >= 15 is 0 Å². The van der Waals surface area contributed by atoms with Gasteiger partial charge < -0.3 is 19.7 Å². The third-order valence-corrected chi connectivity index (χ3v) is 4.71. The number of benzene rings is 2. The number of carbonyl (C=O) groups excluding carboxylic acids is 1. The molecule has 134 valence electrons. The van der Waals surface area contributed by atoms with Crippen molar-refractivity contribution < 1.29 is 14.6 Å². The Bertz CT molecular complexity index is 909. The summed E-state index contributed by atoms with van der Waals surface area (Å²) in [7, 11) is 3.47. The monoisotopic (exact) mass is 370 g/mol. The van der Waals surface area contributed by atoms with Gasteiger partial charge in [-0.25, -0.2) is 0 Å². The smallest absolute Gasteiger partial charge is 0.234 e. The highest BCUT2D eigenvalue weighted by Gasteiger charge is 2.13. The molecule has 1 heterocycles. The van der Waals surface area contributed by atoms with Crippen LogP contribution >= 0.6 is 11.8 Å². The third kappa shape index (κ3) is 3.97. The van der Waals surface area contributed by atoms with Gasteiger partial charge in [0.15, 0.2) is 11.0 Å². The Balaban J connectivity index is 1.64. The Kier molecular flexibility index (Phi) is 5.43. The van der Waals surface area contributed by atoms with E-state index in [2.05, 4.69) is 15.5 Å². The SMILES string of the molecule is COc1ccc(-c2nnc(SCC(=O)Nc3ccccc3O)n2C)cc1. The fourth-order valence-electron chi connectivity index (χ4n) is 2.33. The molecule has 0 bridgehead atoms. The number of nitrogens with zero attached hydrogens (tertiary/aromatic N) is 3. The molecule has 3 aromatic rings. The molecule has 0 aliphatic rings. The van der Waals surface area contributed by atoms with Gasteiger partial charge in [0, 0.05) is 12.6 Å². The van der Waals surface area contributed by atoms with Gasteiger partial charge in [-0.05, 0) is 36.4 Å². The van der Waals surface area contributed by atoms with E-state index in [0.29, 0.717) is 16.7 Å². The normalized spacial score (nSPS) is 10.5. The van der Waals surface area contributed by atoms with Crippen molar-refractivity contribution >= 4 is 23.4 Å². The molecule has 0 atom stereocenters. The number of nitrogens with one attached hydrogen (secondary N) is 1. The average molecular weight is 370 g/mol. The Hall–Kier alpha value is -3.00. The number of hydrogen-bond acceptors (Lipinski definition) is 6. The van der Waals surface area contributed by atoms with Crippen LogP contribution in [0.2, 0.25) is 0 Å². The van der Waals surface area contributed by atoms with Crippen LogP contribution in [0.15, 0.2) is 53.7 Å². The van der Waals surface area contributed by atoms with E-state index < -0.39 is 0 Å². The molecule has 0 radical (unpaired) electrons. The number of hydrogen-bond donors (Lipinski definition) is 2. The van der Waals surface area contributed by atoms with E-state index in [-0.39, 0.29) is 17.4 Å². The minimum Gasteiger partial charge on any atom is -0.506 e. The molecule has 1 aromatic heterocycles. The quantitative estimate of drug-likeness (QED) is 0.512. The molecule has 2 N–H and O–H groups in total. The molecule has 0 aliphatic carbocycles. The van der Waals surface area contributed by atoms with Gasteiger partial charge in [-0.1, -0.05) is 23.9 Å². The maximum atomic E-state index is 12.1. The van der Waals surface area contributed by atoms with Crippen molar-refractivity contribution in [2.75, 3.05) is 18.2 Å². The minimum atomic E-state index is -0.231. The van der Waals surface area contributed by atoms with E-state index in [1.807, 2.05) is 35.9 Å². The van der Waals surface area contributed by atoms with E-state index in [0.717, 1.165) is 11.3 Å². The molecule has 26 heavy (non-hydrogen) atoms. The molecular weight excluding hydrogens is 352 g/mol. The van der Waals surface area contributed by atoms with Gasteiger partial charge >= 0.3 is 0 Å². The molecule has 2 aromatic carbocycles. The zero-order chi connectivity index (χ0) is 18.5. The molecule has 3 rings (SSSR count). The van der Waals surface area contributed by atoms with Crippen LogP contribution in [0.3, 0.4) is 0 Å². The maximum absolute atomic E-state index is 12.1. The summed E-state index contributed by atoms with van der Waals surface area (Å²) in [6.07, 6.45) is 0. The van der Waals surface area contributed by atoms with Crippen molar-refractivity contribution in [2.45, 2.75) is 5.16 Å². The maximum Gasteiger partial charge on any atom is 0.234 e. The average Bonchev–Trinajstić information content (AvgIpc) is 3.02. The van der Waals surface area contributed by atoms with Crippen molar-refractivity contribution in [1.29, 1.82) is 0 Å². The van der Waals surface area contributed by atoms with E-state index in [1.165, 1.54) is 17.8 Å². The van der Waals surface area contributed by atoms with E-state index in [1.54, 1.807) is 25.3 Å². The molecule has 0 saturated carbocycles. The number of phenols is 1. The highest BCUT2D eigenvalue weighted by atomic mass is 32.2. The number of methoxy groups -OCH3 is 1. The largest absolute Gasteiger partial charge is 0.506 e. The van der Waals surface area contributed by atoms with Gasteiger partial charge in [-0.15, -0.1) is 10.2 Å². The summed E-state index contributed by atoms with van der Waals surface area (Å²) in [4.78, 5) is 12.1. The molecule has 1 amide bonds. The first-order valence-corrected chi connectivity index (χ1v) is 8.81. The summed E-state index contributed by atoms with van der Waals surface area (Å²) in [5.74, 6) is 1.43. The predicted molar refractivity (Wildman–Crippen MR) is 100 cm³/mol. The van der Waals surface area contributed by atoms with E-state index in [4.69, 9.17) is 4.74 Å². The van der Waals surface area contributed by atoms with Gasteiger partial charge in [0.1, 0.15) is 11.5 Å². The number of amides is 1. The minimum absolute atomic E-state index is 0.0336. The lowest BCUT2D eigenvalue weighted by atomic mass is 10.2. The van der Waals surface area contributed by atoms with Crippen LogP contribution in [0.1, 0.15) is 0 Å². The van der Waals surface area contributed by atoms with Gasteiger partial charge in [0.25, 0.3) is 0 Å². The number of rotatable bonds is 6. The summed E-state index contributed by atoms with van der Waals surface area (Å²) in [5, 5.41) is 21.3. The lowest BCUT2D eigenvalue weighted by Crippen LogP contribution is -2.14. The summed E-state index contributed by atoms with van der Waals surface area (Å²) >= 11 is 1.27. The highest BCUT2D eigenvalue weighted by Crippen LogP contribution is 2.25. The topological polar surface area (TPSA) is 89.3 Å². The summed E-state index contributed by atoms with van der Waals surface area (Å²) < 4.78 is 6.99. The number of phenolic OH excluding ortho intramolecular Hbond substituents is 1. The zero-order valence-corrected chi connectivity index (χ0v) is 15.2. The van der Waals surface area contributed by atoms with Crippen molar-refractivity contribution in [2.24, 2.45) is 7.05 Å². The first kappa shape index (κ1) is 17.8. The van der Waals surface area contributed by atoms with Crippen molar-refractivity contribution in [3.8, 4) is 22.9 Å². The molecule has 0 aliphatic heterocycles. The second-order valence-electron chi connectivity index (χ2n) is 5.45. The third-order valence-electron chi connectivity index (χ3n) is 3.69. The van der Waals surface area contributed by atoms with Crippen LogP contribution in [0.5, 0.6) is 11.5 Å². The Morgan fingerprint density at radius 2 is 1.92 bits per heavy atom. The van der Waals surface area contributed by atoms with Crippen LogP contribution in [0.25, 0.3) is 11.4 Å². The van der Waals surface area contributed by atoms with Gasteiger partial charge in [-0.2, -0.15) is 0 Å². The molecule has 8 heteroatoms. The molecule has 0 unspecified atom stereocenters. The summed E-state index contributed by atoms with van der Waals surface area (Å²) in [6.45, 7) is 0. The number of carbonyl (C=O) groups is 1. The van der Waals surface area contributed by atoms with Gasteiger partial charge in [0.2, 0.25) is 5.91 Å². The van der Waals surface area contributed by atoms with Crippen LogP contribution in [0, 0.1) is 0 Å². The summed E-state index contributed by atoms with van der Waals surface area (Å²) in [6, 6.07) is 14.1. The molecule has 7 nitrogen and oxygen atoms in total. The molecule has 0 fully saturated rings. The number of anilines is 1. The van der Waals surface area contributed by atoms with Crippen LogP contribution in [-0.2, 0) is 11.8 Å². The lowest BCUT2D eigenvalue weighted by molar-refractivity contribution is -0.113.